The van der Waals surface area contributed by atoms with E-state index in [1.165, 1.54) is 10.4 Å². The highest BCUT2D eigenvalue weighted by molar-refractivity contribution is 7.91. The van der Waals surface area contributed by atoms with Crippen LogP contribution >= 0.6 is 0 Å². The third-order valence-corrected chi connectivity index (χ3v) is 7.27. The number of nitrogens with zero attached hydrogens (tertiary/aromatic N) is 5. The lowest BCUT2D eigenvalue weighted by molar-refractivity contribution is -0.136. The average Bonchev–Trinajstić information content (AvgIpc) is 3.28. The fraction of sp³-hybridized carbons (Fsp3) is 0.600. The van der Waals surface area contributed by atoms with Crippen LogP contribution in [0.5, 0.6) is 0 Å². The Morgan fingerprint density at radius 1 is 1.24 bits per heavy atom. The van der Waals surface area contributed by atoms with Gasteiger partial charge in [-0.2, -0.15) is 4.80 Å². The van der Waals surface area contributed by atoms with Crippen molar-refractivity contribution in [3.63, 3.8) is 0 Å². The molecule has 1 amide bonds. The SMILES string of the molecule is CC[C@H](C)N(C(=O)Cn1nnc(-c2ccc(C(C)C)cc2)n1)[C@@H]1CCS(=O)(=O)C1. The van der Waals surface area contributed by atoms with Gasteiger partial charge in [-0.3, -0.25) is 4.79 Å². The van der Waals surface area contributed by atoms with Gasteiger partial charge in [-0.15, -0.1) is 10.2 Å². The molecule has 3 rings (SSSR count). The molecule has 9 heteroatoms. The number of hydrogen-bond donors (Lipinski definition) is 0. The third kappa shape index (κ3) is 5.01. The molecule has 1 fully saturated rings. The summed E-state index contributed by atoms with van der Waals surface area (Å²) in [6, 6.07) is 7.65. The predicted octanol–water partition coefficient (Wildman–Crippen LogP) is 2.28. The number of carbonyl (C=O) groups is 1. The van der Waals surface area contributed by atoms with E-state index >= 15 is 0 Å². The predicted molar refractivity (Wildman–Crippen MR) is 111 cm³/mol. The van der Waals surface area contributed by atoms with Gasteiger partial charge < -0.3 is 4.90 Å². The Balaban J connectivity index is 1.73. The van der Waals surface area contributed by atoms with E-state index < -0.39 is 9.84 Å². The van der Waals surface area contributed by atoms with Crippen molar-refractivity contribution >= 4 is 15.7 Å². The molecule has 29 heavy (non-hydrogen) atoms. The van der Waals surface area contributed by atoms with Crippen LogP contribution in [-0.4, -0.2) is 63.0 Å². The first kappa shape index (κ1) is 21.4. The molecular weight excluding hydrogens is 390 g/mol. The second-order valence-corrected chi connectivity index (χ2v) is 10.3. The Bertz CT molecular complexity index is 953. The number of amides is 1. The highest BCUT2D eigenvalue weighted by Crippen LogP contribution is 2.22. The minimum atomic E-state index is -3.07. The Morgan fingerprint density at radius 3 is 2.48 bits per heavy atom. The topological polar surface area (TPSA) is 98.1 Å². The maximum Gasteiger partial charge on any atom is 0.246 e. The first-order chi connectivity index (χ1) is 13.7. The smallest absolute Gasteiger partial charge is 0.246 e. The zero-order chi connectivity index (χ0) is 21.2. The minimum absolute atomic E-state index is 0.0291. The van der Waals surface area contributed by atoms with Crippen LogP contribution in [0.4, 0.5) is 0 Å². The monoisotopic (exact) mass is 419 g/mol. The van der Waals surface area contributed by atoms with Crippen LogP contribution in [0.15, 0.2) is 24.3 Å². The lowest BCUT2D eigenvalue weighted by Crippen LogP contribution is -2.48. The normalized spacial score (nSPS) is 19.4. The number of rotatable bonds is 7. The van der Waals surface area contributed by atoms with Crippen molar-refractivity contribution in [3.8, 4) is 11.4 Å². The molecule has 1 saturated heterocycles. The Hall–Kier alpha value is -2.29. The fourth-order valence-electron chi connectivity index (χ4n) is 3.65. The summed E-state index contributed by atoms with van der Waals surface area (Å²) >= 11 is 0. The molecule has 0 N–H and O–H groups in total. The zero-order valence-electron chi connectivity index (χ0n) is 17.4. The van der Waals surface area contributed by atoms with E-state index in [0.717, 1.165) is 12.0 Å². The molecule has 2 atom stereocenters. The molecule has 0 radical (unpaired) electrons. The van der Waals surface area contributed by atoms with Gasteiger partial charge in [0.25, 0.3) is 0 Å². The molecule has 0 saturated carbocycles. The van der Waals surface area contributed by atoms with Crippen molar-refractivity contribution in [2.75, 3.05) is 11.5 Å². The van der Waals surface area contributed by atoms with Gasteiger partial charge in [-0.1, -0.05) is 45.0 Å². The summed E-state index contributed by atoms with van der Waals surface area (Å²) in [5.74, 6) is 0.889. The van der Waals surface area contributed by atoms with Gasteiger partial charge in [0.2, 0.25) is 11.7 Å². The minimum Gasteiger partial charge on any atom is -0.334 e. The molecule has 2 heterocycles. The van der Waals surface area contributed by atoms with Crippen LogP contribution in [0, 0.1) is 0 Å². The van der Waals surface area contributed by atoms with Gasteiger partial charge in [0, 0.05) is 17.6 Å². The van der Waals surface area contributed by atoms with Crippen molar-refractivity contribution < 1.29 is 13.2 Å². The van der Waals surface area contributed by atoms with Crippen LogP contribution in [0.25, 0.3) is 11.4 Å². The molecule has 2 aromatic rings. The van der Waals surface area contributed by atoms with Crippen LogP contribution < -0.4 is 0 Å². The van der Waals surface area contributed by atoms with Crippen molar-refractivity contribution in [3.05, 3.63) is 29.8 Å². The number of aromatic nitrogens is 4. The average molecular weight is 420 g/mol. The van der Waals surface area contributed by atoms with E-state index in [2.05, 4.69) is 29.3 Å². The van der Waals surface area contributed by atoms with Crippen LogP contribution in [-0.2, 0) is 21.2 Å². The Morgan fingerprint density at radius 2 is 1.93 bits per heavy atom. The van der Waals surface area contributed by atoms with Gasteiger partial charge in [0.05, 0.1) is 11.5 Å². The maximum atomic E-state index is 13.0. The lowest BCUT2D eigenvalue weighted by Gasteiger charge is -2.33. The molecule has 0 aliphatic carbocycles. The maximum absolute atomic E-state index is 13.0. The van der Waals surface area contributed by atoms with Crippen LogP contribution in [0.3, 0.4) is 0 Å². The largest absolute Gasteiger partial charge is 0.334 e. The van der Waals surface area contributed by atoms with E-state index in [9.17, 15) is 13.2 Å². The molecule has 8 nitrogen and oxygen atoms in total. The molecule has 0 unspecified atom stereocenters. The fourth-order valence-corrected chi connectivity index (χ4v) is 5.36. The number of carbonyl (C=O) groups excluding carboxylic acids is 1. The summed E-state index contributed by atoms with van der Waals surface area (Å²) < 4.78 is 23.8. The van der Waals surface area contributed by atoms with E-state index in [0.29, 0.717) is 18.2 Å². The van der Waals surface area contributed by atoms with Crippen molar-refractivity contribution in [1.29, 1.82) is 0 Å². The van der Waals surface area contributed by atoms with Crippen LogP contribution in [0.2, 0.25) is 0 Å². The summed E-state index contributed by atoms with van der Waals surface area (Å²) in [6.07, 6.45) is 1.23. The van der Waals surface area contributed by atoms with Crippen LogP contribution in [0.1, 0.15) is 52.0 Å². The second-order valence-electron chi connectivity index (χ2n) is 8.04. The summed E-state index contributed by atoms with van der Waals surface area (Å²) in [6.45, 7) is 8.14. The Kier molecular flexibility index (Phi) is 6.36. The molecule has 1 aliphatic heterocycles. The zero-order valence-corrected chi connectivity index (χ0v) is 18.3. The number of benzene rings is 1. The molecular formula is C20H29N5O3S. The van der Waals surface area contributed by atoms with Gasteiger partial charge in [0.1, 0.15) is 6.54 Å². The molecule has 0 bridgehead atoms. The van der Waals surface area contributed by atoms with E-state index in [1.807, 2.05) is 38.1 Å². The summed E-state index contributed by atoms with van der Waals surface area (Å²) in [5, 5.41) is 12.4. The molecule has 1 aromatic carbocycles. The molecule has 1 aromatic heterocycles. The van der Waals surface area contributed by atoms with Crippen molar-refractivity contribution in [1.82, 2.24) is 25.1 Å². The number of tetrazole rings is 1. The van der Waals surface area contributed by atoms with Crippen molar-refractivity contribution in [2.24, 2.45) is 0 Å². The van der Waals surface area contributed by atoms with Gasteiger partial charge in [-0.25, -0.2) is 8.42 Å². The second kappa shape index (κ2) is 8.61. The number of hydrogen-bond acceptors (Lipinski definition) is 6. The highest BCUT2D eigenvalue weighted by Gasteiger charge is 2.36. The third-order valence-electron chi connectivity index (χ3n) is 5.52. The first-order valence-electron chi connectivity index (χ1n) is 10.1. The molecule has 0 spiro atoms. The highest BCUT2D eigenvalue weighted by atomic mass is 32.2. The molecule has 158 valence electrons. The standard InChI is InChI=1S/C20H29N5O3S/c1-5-15(4)25(18-10-11-29(27,28)13-18)19(26)12-24-22-20(21-23-24)17-8-6-16(7-9-17)14(2)3/h6-9,14-15,18H,5,10-13H2,1-4H3/t15-,18+/m0/s1. The summed E-state index contributed by atoms with van der Waals surface area (Å²) in [7, 11) is -3.07. The van der Waals surface area contributed by atoms with E-state index in [1.54, 1.807) is 4.90 Å². The summed E-state index contributed by atoms with van der Waals surface area (Å²) in [5.41, 5.74) is 2.07. The van der Waals surface area contributed by atoms with Crippen molar-refractivity contribution in [2.45, 2.75) is 65.1 Å². The number of sulfone groups is 1. The molecule has 1 aliphatic rings. The Labute approximate surface area is 172 Å². The quantitative estimate of drug-likeness (QED) is 0.683. The van der Waals surface area contributed by atoms with Gasteiger partial charge in [0.15, 0.2) is 9.84 Å². The van der Waals surface area contributed by atoms with E-state index in [-0.39, 0.29) is 36.0 Å². The van der Waals surface area contributed by atoms with Gasteiger partial charge >= 0.3 is 0 Å². The first-order valence-corrected chi connectivity index (χ1v) is 11.9. The van der Waals surface area contributed by atoms with Gasteiger partial charge in [-0.05, 0) is 36.5 Å². The van der Waals surface area contributed by atoms with E-state index in [4.69, 9.17) is 0 Å². The lowest BCUT2D eigenvalue weighted by atomic mass is 10.0. The summed E-state index contributed by atoms with van der Waals surface area (Å²) in [4.78, 5) is 16.0.